The van der Waals surface area contributed by atoms with Gasteiger partial charge in [-0.3, -0.25) is 0 Å². The number of nitrogens with one attached hydrogen (secondary N) is 1. The second kappa shape index (κ2) is 11.7. The number of rotatable bonds is 10. The number of hydrogen-bond acceptors (Lipinski definition) is 6. The Bertz CT molecular complexity index is 1290. The maximum atomic E-state index is 13.8. The normalized spacial score (nSPS) is 16.9. The first-order valence-corrected chi connectivity index (χ1v) is 13.7. The lowest BCUT2D eigenvalue weighted by molar-refractivity contribution is -0.0492. The molecule has 0 unspecified atom stereocenters. The number of alkyl halides is 3. The zero-order chi connectivity index (χ0) is 27.3. The molecular formula is C26H32F3N5O3S. The summed E-state index contributed by atoms with van der Waals surface area (Å²) in [6, 6.07) is 14.3. The Balaban J connectivity index is 1.78. The summed E-state index contributed by atoms with van der Waals surface area (Å²) >= 11 is 0. The molecule has 0 spiro atoms. The number of nitrogens with zero attached hydrogens (tertiary/aromatic N) is 4. The summed E-state index contributed by atoms with van der Waals surface area (Å²) < 4.78 is 73.4. The third-order valence-electron chi connectivity index (χ3n) is 6.54. The summed E-state index contributed by atoms with van der Waals surface area (Å²) in [5.74, 6) is 0.366. The van der Waals surface area contributed by atoms with E-state index in [1.54, 1.807) is 18.3 Å². The molecule has 0 saturated carbocycles. The number of benzene rings is 2. The van der Waals surface area contributed by atoms with Gasteiger partial charge in [0.1, 0.15) is 12.4 Å². The molecule has 4 rings (SSSR count). The molecule has 1 aliphatic rings. The number of aromatic amines is 1. The predicted molar refractivity (Wildman–Crippen MR) is 139 cm³/mol. The molecule has 0 amide bonds. The Kier molecular flexibility index (Phi) is 8.64. The van der Waals surface area contributed by atoms with Gasteiger partial charge in [-0.1, -0.05) is 36.4 Å². The molecular weight excluding hydrogens is 519 g/mol. The van der Waals surface area contributed by atoms with Crippen molar-refractivity contribution in [1.29, 1.82) is 0 Å². The lowest BCUT2D eigenvalue weighted by atomic mass is 10.0. The molecule has 1 aromatic heterocycles. The molecule has 1 aliphatic heterocycles. The van der Waals surface area contributed by atoms with Crippen LogP contribution in [0.3, 0.4) is 0 Å². The SMILES string of the molecule is CN(C)CCOc1cccc2c1CN(S(=O)(=O)C(F)(F)F)C[C@H](CCc1ccccc1)N2Cc1cnc[nH]1. The molecule has 12 heteroatoms. The fourth-order valence-corrected chi connectivity index (χ4v) is 5.51. The van der Waals surface area contributed by atoms with Crippen molar-refractivity contribution >= 4 is 15.7 Å². The second-order valence-corrected chi connectivity index (χ2v) is 11.5. The Hall–Kier alpha value is -3.09. The minimum absolute atomic E-state index is 0.299. The number of aryl methyl sites for hydroxylation is 1. The van der Waals surface area contributed by atoms with E-state index in [4.69, 9.17) is 4.74 Å². The van der Waals surface area contributed by atoms with Crippen molar-refractivity contribution in [2.45, 2.75) is 37.5 Å². The average molecular weight is 552 g/mol. The van der Waals surface area contributed by atoms with E-state index in [-0.39, 0.29) is 6.54 Å². The van der Waals surface area contributed by atoms with Crippen molar-refractivity contribution < 1.29 is 26.3 Å². The zero-order valence-electron chi connectivity index (χ0n) is 21.4. The van der Waals surface area contributed by atoms with E-state index in [0.717, 1.165) is 11.3 Å². The van der Waals surface area contributed by atoms with Crippen molar-refractivity contribution in [3.05, 3.63) is 77.9 Å². The summed E-state index contributed by atoms with van der Waals surface area (Å²) in [5, 5.41) is 0. The van der Waals surface area contributed by atoms with Crippen LogP contribution in [0.5, 0.6) is 5.75 Å². The Labute approximate surface area is 221 Å². The van der Waals surface area contributed by atoms with Gasteiger partial charge in [0.2, 0.25) is 0 Å². The van der Waals surface area contributed by atoms with Crippen LogP contribution in [0.1, 0.15) is 23.2 Å². The topological polar surface area (TPSA) is 81.8 Å². The van der Waals surface area contributed by atoms with E-state index in [1.807, 2.05) is 60.3 Å². The molecule has 3 aromatic rings. The number of hydrogen-bond donors (Lipinski definition) is 1. The largest absolute Gasteiger partial charge is 0.511 e. The quantitative estimate of drug-likeness (QED) is 0.410. The van der Waals surface area contributed by atoms with E-state index in [1.165, 1.54) is 6.33 Å². The molecule has 38 heavy (non-hydrogen) atoms. The number of ether oxygens (including phenoxy) is 1. The summed E-state index contributed by atoms with van der Waals surface area (Å²) in [6.07, 6.45) is 4.20. The molecule has 206 valence electrons. The number of fused-ring (bicyclic) bond motifs is 1. The number of imidazole rings is 1. The fraction of sp³-hybridized carbons (Fsp3) is 0.423. The highest BCUT2D eigenvalue weighted by molar-refractivity contribution is 7.89. The summed E-state index contributed by atoms with van der Waals surface area (Å²) in [7, 11) is -1.83. The number of H-pyrrole nitrogens is 1. The van der Waals surface area contributed by atoms with Gasteiger partial charge in [0.25, 0.3) is 0 Å². The first-order chi connectivity index (χ1) is 18.1. The maximum absolute atomic E-state index is 13.8. The Morgan fingerprint density at radius 2 is 1.89 bits per heavy atom. The maximum Gasteiger partial charge on any atom is 0.511 e. The van der Waals surface area contributed by atoms with Gasteiger partial charge in [-0.15, -0.1) is 0 Å². The standard InChI is InChI=1S/C26H32F3N5O3S/c1-32(2)13-14-37-25-10-6-9-24-23(25)18-33(38(35,36)26(27,28)29)17-22(12-11-20-7-4-3-5-8-20)34(24)16-21-15-30-19-31-21/h3-10,15,19,22H,11-14,16-18H2,1-2H3,(H,30,31)/t22-/m0/s1. The average Bonchev–Trinajstić information content (AvgIpc) is 3.32. The van der Waals surface area contributed by atoms with Crippen LogP contribution >= 0.6 is 0 Å². The fourth-order valence-electron chi connectivity index (χ4n) is 4.55. The van der Waals surface area contributed by atoms with E-state index >= 15 is 0 Å². The van der Waals surface area contributed by atoms with E-state index in [9.17, 15) is 21.6 Å². The lowest BCUT2D eigenvalue weighted by Gasteiger charge is -2.34. The summed E-state index contributed by atoms with van der Waals surface area (Å²) in [5.41, 5.74) is -2.60. The third-order valence-corrected chi connectivity index (χ3v) is 8.08. The molecule has 1 atom stereocenters. The molecule has 0 bridgehead atoms. The van der Waals surface area contributed by atoms with Gasteiger partial charge < -0.3 is 19.5 Å². The lowest BCUT2D eigenvalue weighted by Crippen LogP contribution is -2.47. The van der Waals surface area contributed by atoms with Crippen molar-refractivity contribution in [1.82, 2.24) is 19.2 Å². The number of likely N-dealkylation sites (N-methyl/N-ethyl adjacent to an activating group) is 1. The van der Waals surface area contributed by atoms with Crippen LogP contribution in [0.25, 0.3) is 0 Å². The van der Waals surface area contributed by atoms with Crippen LogP contribution in [0.2, 0.25) is 0 Å². The van der Waals surface area contributed by atoms with Gasteiger partial charge in [0.15, 0.2) is 0 Å². The number of aromatic nitrogens is 2. The third kappa shape index (κ3) is 6.48. The van der Waals surface area contributed by atoms with Crippen molar-refractivity contribution in [3.8, 4) is 5.75 Å². The van der Waals surface area contributed by atoms with Crippen LogP contribution in [-0.4, -0.2) is 72.9 Å². The predicted octanol–water partition coefficient (Wildman–Crippen LogP) is 4.02. The Morgan fingerprint density at radius 1 is 1.13 bits per heavy atom. The second-order valence-electron chi connectivity index (χ2n) is 9.53. The van der Waals surface area contributed by atoms with E-state index in [0.29, 0.717) is 53.8 Å². The first kappa shape index (κ1) is 27.9. The molecule has 8 nitrogen and oxygen atoms in total. The van der Waals surface area contributed by atoms with Gasteiger partial charge in [0.05, 0.1) is 18.6 Å². The zero-order valence-corrected chi connectivity index (χ0v) is 22.2. The molecule has 0 aliphatic carbocycles. The van der Waals surface area contributed by atoms with Crippen LogP contribution in [0.4, 0.5) is 18.9 Å². The van der Waals surface area contributed by atoms with Gasteiger partial charge in [-0.25, -0.2) is 13.4 Å². The van der Waals surface area contributed by atoms with Gasteiger partial charge in [-0.05, 0) is 44.6 Å². The molecule has 1 N–H and O–H groups in total. The van der Waals surface area contributed by atoms with Gasteiger partial charge in [-0.2, -0.15) is 17.5 Å². The Morgan fingerprint density at radius 3 is 2.55 bits per heavy atom. The van der Waals surface area contributed by atoms with Gasteiger partial charge >= 0.3 is 15.5 Å². The van der Waals surface area contributed by atoms with Crippen molar-refractivity contribution in [2.24, 2.45) is 0 Å². The first-order valence-electron chi connectivity index (χ1n) is 12.3. The van der Waals surface area contributed by atoms with Gasteiger partial charge in [0, 0.05) is 43.1 Å². The van der Waals surface area contributed by atoms with Crippen LogP contribution in [0, 0.1) is 0 Å². The molecule has 0 fully saturated rings. The number of halogens is 3. The number of anilines is 1. The molecule has 0 radical (unpaired) electrons. The summed E-state index contributed by atoms with van der Waals surface area (Å²) in [4.78, 5) is 11.0. The molecule has 2 heterocycles. The van der Waals surface area contributed by atoms with Crippen LogP contribution < -0.4 is 9.64 Å². The summed E-state index contributed by atoms with van der Waals surface area (Å²) in [6.45, 7) is 0.429. The highest BCUT2D eigenvalue weighted by Gasteiger charge is 2.51. The van der Waals surface area contributed by atoms with Crippen LogP contribution in [0.15, 0.2) is 61.1 Å². The molecule has 0 saturated heterocycles. The smallest absolute Gasteiger partial charge is 0.492 e. The highest BCUT2D eigenvalue weighted by Crippen LogP contribution is 2.39. The monoisotopic (exact) mass is 551 g/mol. The van der Waals surface area contributed by atoms with Crippen molar-refractivity contribution in [3.63, 3.8) is 0 Å². The highest BCUT2D eigenvalue weighted by atomic mass is 32.2. The van der Waals surface area contributed by atoms with E-state index in [2.05, 4.69) is 9.97 Å². The van der Waals surface area contributed by atoms with Crippen molar-refractivity contribution in [2.75, 3.05) is 38.7 Å². The molecule has 2 aromatic carbocycles. The van der Waals surface area contributed by atoms with E-state index < -0.39 is 28.1 Å². The van der Waals surface area contributed by atoms with Crippen LogP contribution in [-0.2, 0) is 29.5 Å². The minimum Gasteiger partial charge on any atom is -0.492 e. The number of sulfonamides is 1. The minimum atomic E-state index is -5.59.